The van der Waals surface area contributed by atoms with Crippen LogP contribution < -0.4 is 10.1 Å². The van der Waals surface area contributed by atoms with Crippen LogP contribution in [0.3, 0.4) is 0 Å². The lowest BCUT2D eigenvalue weighted by molar-refractivity contribution is 0.0954. The number of hydrogen-bond donors (Lipinski definition) is 1. The zero-order valence-electron chi connectivity index (χ0n) is 10.4. The second-order valence-corrected chi connectivity index (χ2v) is 7.82. The second kappa shape index (κ2) is 5.87. The number of carbonyl (C=O) groups is 1. The van der Waals surface area contributed by atoms with E-state index in [4.69, 9.17) is 4.74 Å². The molecule has 20 heavy (non-hydrogen) atoms. The molecule has 0 atom stereocenters. The quantitative estimate of drug-likeness (QED) is 0.816. The average molecular weight is 417 g/mol. The van der Waals surface area contributed by atoms with Gasteiger partial charge in [-0.05, 0) is 45.8 Å². The van der Waals surface area contributed by atoms with Crippen LogP contribution in [-0.4, -0.2) is 12.5 Å². The molecule has 0 spiro atoms. The molecule has 0 fully saturated rings. The molecule has 1 N–H and O–H groups in total. The highest BCUT2D eigenvalue weighted by molar-refractivity contribution is 9.11. The Labute approximate surface area is 137 Å². The predicted molar refractivity (Wildman–Crippen MR) is 86.5 cm³/mol. The maximum Gasteiger partial charge on any atom is 0.261 e. The molecule has 1 aliphatic rings. The third kappa shape index (κ3) is 2.92. The van der Waals surface area contributed by atoms with Crippen LogP contribution in [-0.2, 0) is 13.0 Å². The van der Waals surface area contributed by atoms with Crippen molar-refractivity contribution in [1.82, 2.24) is 5.32 Å². The van der Waals surface area contributed by atoms with E-state index in [2.05, 4.69) is 43.2 Å². The standard InChI is InChI=1S/C14H11Br2NO2S/c15-10-5-8-3-4-19-13(8)9(6-10)7-17-14(18)11-1-2-12(16)20-11/h1-2,5-6H,3-4,7H2,(H,17,18). The molecule has 1 aromatic heterocycles. The van der Waals surface area contributed by atoms with Gasteiger partial charge in [-0.3, -0.25) is 4.79 Å². The Bertz CT molecular complexity index is 669. The van der Waals surface area contributed by atoms with Crippen LogP contribution in [0.25, 0.3) is 0 Å². The van der Waals surface area contributed by atoms with Gasteiger partial charge in [-0.25, -0.2) is 0 Å². The van der Waals surface area contributed by atoms with Crippen molar-refractivity contribution in [3.05, 3.63) is 48.5 Å². The van der Waals surface area contributed by atoms with Crippen LogP contribution >= 0.6 is 43.2 Å². The third-order valence-electron chi connectivity index (χ3n) is 3.06. The highest BCUT2D eigenvalue weighted by Crippen LogP contribution is 2.33. The van der Waals surface area contributed by atoms with E-state index in [1.165, 1.54) is 16.9 Å². The summed E-state index contributed by atoms with van der Waals surface area (Å²) in [5.74, 6) is 0.855. The second-order valence-electron chi connectivity index (χ2n) is 4.44. The summed E-state index contributed by atoms with van der Waals surface area (Å²) in [4.78, 5) is 12.7. The minimum atomic E-state index is -0.0626. The van der Waals surface area contributed by atoms with Crippen LogP contribution in [0, 0.1) is 0 Å². The number of carbonyl (C=O) groups excluding carboxylic acids is 1. The van der Waals surface area contributed by atoms with Crippen molar-refractivity contribution in [2.45, 2.75) is 13.0 Å². The summed E-state index contributed by atoms with van der Waals surface area (Å²) in [7, 11) is 0. The number of fused-ring (bicyclic) bond motifs is 1. The molecule has 2 heterocycles. The molecule has 6 heteroatoms. The first kappa shape index (κ1) is 14.1. The lowest BCUT2D eigenvalue weighted by Crippen LogP contribution is -2.22. The molecule has 2 aromatic rings. The van der Waals surface area contributed by atoms with Gasteiger partial charge in [-0.15, -0.1) is 11.3 Å². The lowest BCUT2D eigenvalue weighted by atomic mass is 10.1. The fraction of sp³-hybridized carbons (Fsp3) is 0.214. The third-order valence-corrected chi connectivity index (χ3v) is 5.14. The molecule has 3 nitrogen and oxygen atoms in total. The van der Waals surface area contributed by atoms with E-state index < -0.39 is 0 Å². The molecule has 0 saturated carbocycles. The summed E-state index contributed by atoms with van der Waals surface area (Å²) in [6.45, 7) is 1.18. The Hall–Kier alpha value is -0.850. The van der Waals surface area contributed by atoms with E-state index in [9.17, 15) is 4.79 Å². The highest BCUT2D eigenvalue weighted by Gasteiger charge is 2.18. The van der Waals surface area contributed by atoms with Crippen LogP contribution in [0.4, 0.5) is 0 Å². The Morgan fingerprint density at radius 2 is 2.20 bits per heavy atom. The van der Waals surface area contributed by atoms with Crippen molar-refractivity contribution < 1.29 is 9.53 Å². The molecule has 1 amide bonds. The van der Waals surface area contributed by atoms with Gasteiger partial charge < -0.3 is 10.1 Å². The van der Waals surface area contributed by atoms with Gasteiger partial charge in [0.2, 0.25) is 0 Å². The van der Waals surface area contributed by atoms with Gasteiger partial charge in [0.25, 0.3) is 5.91 Å². The number of ether oxygens (including phenoxy) is 1. The Balaban J connectivity index is 1.74. The summed E-state index contributed by atoms with van der Waals surface area (Å²) in [6, 6.07) is 7.75. The first-order chi connectivity index (χ1) is 9.63. The van der Waals surface area contributed by atoms with E-state index in [0.29, 0.717) is 18.0 Å². The Morgan fingerprint density at radius 1 is 1.35 bits per heavy atom. The lowest BCUT2D eigenvalue weighted by Gasteiger charge is -2.10. The summed E-state index contributed by atoms with van der Waals surface area (Å²) in [5.41, 5.74) is 2.21. The molecule has 0 radical (unpaired) electrons. The Kier molecular flexibility index (Phi) is 4.14. The van der Waals surface area contributed by atoms with Crippen molar-refractivity contribution in [3.8, 4) is 5.75 Å². The summed E-state index contributed by atoms with van der Waals surface area (Å²) in [6.07, 6.45) is 0.924. The maximum absolute atomic E-state index is 12.0. The smallest absolute Gasteiger partial charge is 0.261 e. The van der Waals surface area contributed by atoms with Crippen LogP contribution in [0.2, 0.25) is 0 Å². The molecule has 104 valence electrons. The molecule has 0 aliphatic carbocycles. The minimum Gasteiger partial charge on any atom is -0.493 e. The molecule has 3 rings (SSSR count). The minimum absolute atomic E-state index is 0.0626. The van der Waals surface area contributed by atoms with Crippen LogP contribution in [0.15, 0.2) is 32.5 Å². The van der Waals surface area contributed by atoms with Gasteiger partial charge >= 0.3 is 0 Å². The normalized spacial score (nSPS) is 12.9. The molecule has 0 unspecified atom stereocenters. The zero-order valence-corrected chi connectivity index (χ0v) is 14.4. The van der Waals surface area contributed by atoms with E-state index in [0.717, 1.165) is 26.0 Å². The first-order valence-electron chi connectivity index (χ1n) is 6.11. The van der Waals surface area contributed by atoms with E-state index in [1.807, 2.05) is 18.2 Å². The fourth-order valence-electron chi connectivity index (χ4n) is 2.18. The summed E-state index contributed by atoms with van der Waals surface area (Å²) < 4.78 is 7.62. The van der Waals surface area contributed by atoms with Crippen LogP contribution in [0.5, 0.6) is 5.75 Å². The van der Waals surface area contributed by atoms with Gasteiger partial charge in [-0.2, -0.15) is 0 Å². The number of benzene rings is 1. The zero-order chi connectivity index (χ0) is 14.1. The van der Waals surface area contributed by atoms with Crippen molar-refractivity contribution in [2.75, 3.05) is 6.61 Å². The number of halogens is 2. The SMILES string of the molecule is O=C(NCc1cc(Br)cc2c1OCC2)c1ccc(Br)s1. The van der Waals surface area contributed by atoms with Crippen molar-refractivity contribution >= 4 is 49.1 Å². The fourth-order valence-corrected chi connectivity index (χ4v) is 4.03. The Morgan fingerprint density at radius 3 is 2.95 bits per heavy atom. The molecule has 0 saturated heterocycles. The van der Waals surface area contributed by atoms with Gasteiger partial charge in [0, 0.05) is 23.0 Å². The van der Waals surface area contributed by atoms with Gasteiger partial charge in [-0.1, -0.05) is 15.9 Å². The average Bonchev–Trinajstić information content (AvgIpc) is 3.03. The van der Waals surface area contributed by atoms with Gasteiger partial charge in [0.15, 0.2) is 0 Å². The molecule has 1 aliphatic heterocycles. The number of thiophene rings is 1. The van der Waals surface area contributed by atoms with Crippen molar-refractivity contribution in [3.63, 3.8) is 0 Å². The number of rotatable bonds is 3. The summed E-state index contributed by atoms with van der Waals surface area (Å²) in [5, 5.41) is 2.94. The van der Waals surface area contributed by atoms with Crippen LogP contribution in [0.1, 0.15) is 20.8 Å². The van der Waals surface area contributed by atoms with E-state index in [1.54, 1.807) is 0 Å². The molecular formula is C14H11Br2NO2S. The monoisotopic (exact) mass is 415 g/mol. The number of amides is 1. The predicted octanol–water partition coefficient (Wildman–Crippen LogP) is 4.14. The summed E-state index contributed by atoms with van der Waals surface area (Å²) >= 11 is 8.28. The van der Waals surface area contributed by atoms with Crippen molar-refractivity contribution in [1.29, 1.82) is 0 Å². The van der Waals surface area contributed by atoms with E-state index >= 15 is 0 Å². The van der Waals surface area contributed by atoms with Gasteiger partial charge in [0.05, 0.1) is 15.3 Å². The maximum atomic E-state index is 12.0. The highest BCUT2D eigenvalue weighted by atomic mass is 79.9. The topological polar surface area (TPSA) is 38.3 Å². The molecular weight excluding hydrogens is 406 g/mol. The van der Waals surface area contributed by atoms with Crippen molar-refractivity contribution in [2.24, 2.45) is 0 Å². The molecule has 0 bridgehead atoms. The first-order valence-corrected chi connectivity index (χ1v) is 8.51. The molecule has 1 aromatic carbocycles. The largest absolute Gasteiger partial charge is 0.493 e. The van der Waals surface area contributed by atoms with E-state index in [-0.39, 0.29) is 5.91 Å². The van der Waals surface area contributed by atoms with Gasteiger partial charge in [0.1, 0.15) is 5.75 Å². The number of hydrogen-bond acceptors (Lipinski definition) is 3. The number of nitrogens with one attached hydrogen (secondary N) is 1.